The van der Waals surface area contributed by atoms with E-state index < -0.39 is 4.92 Å². The van der Waals surface area contributed by atoms with Crippen molar-refractivity contribution in [3.63, 3.8) is 0 Å². The fourth-order valence-corrected chi connectivity index (χ4v) is 1.67. The van der Waals surface area contributed by atoms with E-state index in [4.69, 9.17) is 4.42 Å². The van der Waals surface area contributed by atoms with E-state index in [9.17, 15) is 10.1 Å². The molecule has 0 atom stereocenters. The third-order valence-electron chi connectivity index (χ3n) is 1.45. The number of oxazole rings is 1. The molecular formula is C7H4N2O3S. The van der Waals surface area contributed by atoms with Crippen molar-refractivity contribution >= 4 is 16.3 Å². The first-order chi connectivity index (χ1) is 6.27. The van der Waals surface area contributed by atoms with Gasteiger partial charge < -0.3 is 4.42 Å². The molecule has 0 bridgehead atoms. The molecule has 0 unspecified atom stereocenters. The number of nitro groups is 1. The fraction of sp³-hybridized carbons (Fsp3) is 0. The maximum absolute atomic E-state index is 10.4. The molecule has 2 aromatic heterocycles. The first-order valence-corrected chi connectivity index (χ1v) is 4.22. The standard InChI is InChI=1S/C7H4N2O3S/c10-9(11)7-2-1-6(13-7)5-3-8-4-12-5/h1-4H. The number of thiophene rings is 1. The van der Waals surface area contributed by atoms with Crippen LogP contribution in [0.2, 0.25) is 0 Å². The third kappa shape index (κ3) is 1.43. The lowest BCUT2D eigenvalue weighted by molar-refractivity contribution is -0.380. The molecule has 0 aliphatic rings. The Labute approximate surface area is 76.8 Å². The Morgan fingerprint density at radius 3 is 2.92 bits per heavy atom. The smallest absolute Gasteiger partial charge is 0.324 e. The van der Waals surface area contributed by atoms with Crippen LogP contribution in [0.15, 0.2) is 29.1 Å². The third-order valence-corrected chi connectivity index (χ3v) is 2.50. The van der Waals surface area contributed by atoms with Crippen molar-refractivity contribution in [2.75, 3.05) is 0 Å². The monoisotopic (exact) mass is 196 g/mol. The normalized spacial score (nSPS) is 10.2. The summed E-state index contributed by atoms with van der Waals surface area (Å²) in [7, 11) is 0. The van der Waals surface area contributed by atoms with Crippen molar-refractivity contribution in [1.29, 1.82) is 0 Å². The molecule has 0 radical (unpaired) electrons. The second kappa shape index (κ2) is 2.98. The molecule has 0 fully saturated rings. The first-order valence-electron chi connectivity index (χ1n) is 3.40. The zero-order valence-corrected chi connectivity index (χ0v) is 7.15. The van der Waals surface area contributed by atoms with E-state index in [2.05, 4.69) is 4.98 Å². The van der Waals surface area contributed by atoms with Crippen molar-refractivity contribution in [2.45, 2.75) is 0 Å². The number of hydrogen-bond acceptors (Lipinski definition) is 5. The van der Waals surface area contributed by atoms with Gasteiger partial charge in [0.25, 0.3) is 0 Å². The Balaban J connectivity index is 2.39. The topological polar surface area (TPSA) is 69.2 Å². The molecule has 0 aliphatic carbocycles. The van der Waals surface area contributed by atoms with Gasteiger partial charge in [0, 0.05) is 6.07 Å². The van der Waals surface area contributed by atoms with E-state index in [1.165, 1.54) is 18.7 Å². The molecule has 0 aliphatic heterocycles. The van der Waals surface area contributed by atoms with Gasteiger partial charge in [-0.1, -0.05) is 11.3 Å². The van der Waals surface area contributed by atoms with Crippen LogP contribution in [0.3, 0.4) is 0 Å². The van der Waals surface area contributed by atoms with Crippen LogP contribution in [-0.4, -0.2) is 9.91 Å². The summed E-state index contributed by atoms with van der Waals surface area (Å²) in [6, 6.07) is 3.09. The van der Waals surface area contributed by atoms with Crippen LogP contribution < -0.4 is 0 Å². The average Bonchev–Trinajstić information content (AvgIpc) is 2.75. The van der Waals surface area contributed by atoms with Gasteiger partial charge in [-0.15, -0.1) is 0 Å². The van der Waals surface area contributed by atoms with Crippen molar-refractivity contribution < 1.29 is 9.34 Å². The van der Waals surface area contributed by atoms with Crippen LogP contribution in [0.1, 0.15) is 0 Å². The van der Waals surface area contributed by atoms with E-state index in [-0.39, 0.29) is 5.00 Å². The first kappa shape index (κ1) is 7.93. The highest BCUT2D eigenvalue weighted by Crippen LogP contribution is 2.31. The predicted molar refractivity (Wildman–Crippen MR) is 46.5 cm³/mol. The Bertz CT molecular complexity index is 421. The number of aromatic nitrogens is 1. The molecule has 2 heterocycles. The van der Waals surface area contributed by atoms with Gasteiger partial charge in [-0.05, 0) is 6.07 Å². The maximum atomic E-state index is 10.4. The summed E-state index contributed by atoms with van der Waals surface area (Å²) in [5, 5.41) is 10.5. The summed E-state index contributed by atoms with van der Waals surface area (Å²) < 4.78 is 4.99. The van der Waals surface area contributed by atoms with Crippen LogP contribution in [0.25, 0.3) is 10.6 Å². The lowest BCUT2D eigenvalue weighted by Gasteiger charge is -1.84. The predicted octanol–water partition coefficient (Wildman–Crippen LogP) is 2.31. The minimum absolute atomic E-state index is 0.103. The highest BCUT2D eigenvalue weighted by atomic mass is 32.1. The van der Waals surface area contributed by atoms with Crippen LogP contribution in [0.4, 0.5) is 5.00 Å². The van der Waals surface area contributed by atoms with Crippen LogP contribution in [0.5, 0.6) is 0 Å². The Morgan fingerprint density at radius 1 is 1.54 bits per heavy atom. The highest BCUT2D eigenvalue weighted by Gasteiger charge is 2.12. The van der Waals surface area contributed by atoms with Gasteiger partial charge in [0.15, 0.2) is 12.2 Å². The molecule has 0 spiro atoms. The number of nitrogens with zero attached hydrogens (tertiary/aromatic N) is 2. The molecule has 0 aromatic carbocycles. The minimum Gasteiger partial charge on any atom is -0.443 e. The summed E-state index contributed by atoms with van der Waals surface area (Å²) in [6.45, 7) is 0. The van der Waals surface area contributed by atoms with E-state index in [0.29, 0.717) is 10.6 Å². The molecule has 66 valence electrons. The van der Waals surface area contributed by atoms with Gasteiger partial charge in [0.2, 0.25) is 0 Å². The molecule has 0 amide bonds. The Kier molecular flexibility index (Phi) is 1.82. The van der Waals surface area contributed by atoms with E-state index >= 15 is 0 Å². The van der Waals surface area contributed by atoms with Crippen molar-refractivity contribution in [2.24, 2.45) is 0 Å². The zero-order valence-electron chi connectivity index (χ0n) is 6.34. The maximum Gasteiger partial charge on any atom is 0.324 e. The summed E-state index contributed by atoms with van der Waals surface area (Å²) >= 11 is 1.07. The molecule has 2 aromatic rings. The van der Waals surface area contributed by atoms with E-state index in [1.807, 2.05) is 0 Å². The van der Waals surface area contributed by atoms with Gasteiger partial charge in [-0.3, -0.25) is 10.1 Å². The Morgan fingerprint density at radius 2 is 2.38 bits per heavy atom. The number of rotatable bonds is 2. The zero-order chi connectivity index (χ0) is 9.26. The highest BCUT2D eigenvalue weighted by molar-refractivity contribution is 7.18. The summed E-state index contributed by atoms with van der Waals surface area (Å²) in [6.07, 6.45) is 2.82. The van der Waals surface area contributed by atoms with Crippen LogP contribution in [-0.2, 0) is 0 Å². The molecule has 0 saturated carbocycles. The molecular weight excluding hydrogens is 192 g/mol. The largest absolute Gasteiger partial charge is 0.443 e. The second-order valence-corrected chi connectivity index (χ2v) is 3.32. The van der Waals surface area contributed by atoms with Crippen LogP contribution >= 0.6 is 11.3 Å². The van der Waals surface area contributed by atoms with Crippen molar-refractivity contribution in [1.82, 2.24) is 4.98 Å². The quantitative estimate of drug-likeness (QED) is 0.545. The van der Waals surface area contributed by atoms with Gasteiger partial charge in [0.1, 0.15) is 0 Å². The summed E-state index contributed by atoms with van der Waals surface area (Å²) in [4.78, 5) is 14.4. The van der Waals surface area contributed by atoms with E-state index in [1.54, 1.807) is 6.07 Å². The lowest BCUT2D eigenvalue weighted by atomic mass is 10.4. The molecule has 5 nitrogen and oxygen atoms in total. The molecule has 0 saturated heterocycles. The van der Waals surface area contributed by atoms with Gasteiger partial charge in [-0.25, -0.2) is 4.98 Å². The van der Waals surface area contributed by atoms with E-state index in [0.717, 1.165) is 11.3 Å². The van der Waals surface area contributed by atoms with Gasteiger partial charge in [-0.2, -0.15) is 0 Å². The summed E-state index contributed by atoms with van der Waals surface area (Å²) in [5.74, 6) is 0.554. The summed E-state index contributed by atoms with van der Waals surface area (Å²) in [5.41, 5.74) is 0. The van der Waals surface area contributed by atoms with Gasteiger partial charge in [0.05, 0.1) is 16.0 Å². The van der Waals surface area contributed by atoms with Crippen molar-refractivity contribution in [3.8, 4) is 10.6 Å². The molecule has 6 heteroatoms. The molecule has 13 heavy (non-hydrogen) atoms. The molecule has 2 rings (SSSR count). The number of hydrogen-bond donors (Lipinski definition) is 0. The SMILES string of the molecule is O=[N+]([O-])c1ccc(-c2cnco2)s1. The minimum atomic E-state index is -0.426. The second-order valence-electron chi connectivity index (χ2n) is 2.26. The lowest BCUT2D eigenvalue weighted by Crippen LogP contribution is -1.80. The van der Waals surface area contributed by atoms with Gasteiger partial charge >= 0.3 is 5.00 Å². The Hall–Kier alpha value is -1.69. The fourth-order valence-electron chi connectivity index (χ4n) is 0.896. The average molecular weight is 196 g/mol. The van der Waals surface area contributed by atoms with Crippen molar-refractivity contribution in [3.05, 3.63) is 34.8 Å². The van der Waals surface area contributed by atoms with Crippen LogP contribution in [0, 0.1) is 10.1 Å². The molecule has 0 N–H and O–H groups in total.